The highest BCUT2D eigenvalue weighted by Gasteiger charge is 2.50. The topological polar surface area (TPSA) is 68.1 Å². The molecule has 3 heterocycles. The summed E-state index contributed by atoms with van der Waals surface area (Å²) in [6, 6.07) is 13.2. The van der Waals surface area contributed by atoms with Crippen molar-refractivity contribution in [3.63, 3.8) is 0 Å². The molecule has 134 valence electrons. The normalized spacial score (nSPS) is 20.2. The van der Waals surface area contributed by atoms with Crippen LogP contribution in [0.15, 0.2) is 53.3 Å². The standard InChI is InChI=1S/C20H15FN4O2/c1-20-10-9-16(26)24(20)15-8-7-13(21)11-14(15)18-22-19(27)17(23-25(18)20)12-5-3-2-4-6-12/h2-8,11H,9-10H2,1H3/t20-/m0/s1. The van der Waals surface area contributed by atoms with E-state index in [1.54, 1.807) is 27.8 Å². The third-order valence-electron chi connectivity index (χ3n) is 5.30. The Hall–Kier alpha value is -3.35. The number of hydrogen-bond acceptors (Lipinski definition) is 4. The Labute approximate surface area is 153 Å². The van der Waals surface area contributed by atoms with Gasteiger partial charge in [-0.15, -0.1) is 0 Å². The van der Waals surface area contributed by atoms with E-state index in [2.05, 4.69) is 10.1 Å². The van der Waals surface area contributed by atoms with Crippen molar-refractivity contribution in [1.82, 2.24) is 14.8 Å². The molecule has 1 aromatic heterocycles. The summed E-state index contributed by atoms with van der Waals surface area (Å²) in [4.78, 5) is 31.2. The maximum Gasteiger partial charge on any atom is 0.300 e. The fraction of sp³-hybridized carbons (Fsp3) is 0.200. The van der Waals surface area contributed by atoms with Gasteiger partial charge in [0.25, 0.3) is 5.56 Å². The summed E-state index contributed by atoms with van der Waals surface area (Å²) in [5.74, 6) is -0.239. The lowest BCUT2D eigenvalue weighted by molar-refractivity contribution is -0.117. The van der Waals surface area contributed by atoms with E-state index in [0.29, 0.717) is 29.7 Å². The molecule has 3 aromatic rings. The number of amides is 1. The minimum absolute atomic E-state index is 0.0576. The van der Waals surface area contributed by atoms with Gasteiger partial charge in [-0.25, -0.2) is 9.07 Å². The second kappa shape index (κ2) is 5.33. The first-order chi connectivity index (χ1) is 13.0. The molecule has 0 spiro atoms. The minimum Gasteiger partial charge on any atom is -0.286 e. The SMILES string of the molecule is C[C@]12CCC(=O)N1c1ccc(F)cc1-c1nc(=O)c(-c3ccccc3)nn12. The van der Waals surface area contributed by atoms with Crippen LogP contribution in [0, 0.1) is 5.82 Å². The summed E-state index contributed by atoms with van der Waals surface area (Å²) in [5, 5.41) is 4.59. The van der Waals surface area contributed by atoms with Crippen LogP contribution in [0.25, 0.3) is 22.6 Å². The van der Waals surface area contributed by atoms with Crippen LogP contribution in [0.1, 0.15) is 19.8 Å². The highest BCUT2D eigenvalue weighted by Crippen LogP contribution is 2.47. The minimum atomic E-state index is -0.790. The lowest BCUT2D eigenvalue weighted by atomic mass is 10.0. The van der Waals surface area contributed by atoms with E-state index in [1.807, 2.05) is 25.1 Å². The third-order valence-corrected chi connectivity index (χ3v) is 5.30. The van der Waals surface area contributed by atoms with Gasteiger partial charge in [0.05, 0.1) is 5.69 Å². The van der Waals surface area contributed by atoms with Gasteiger partial charge in [-0.1, -0.05) is 30.3 Å². The predicted octanol–water partition coefficient (Wildman–Crippen LogP) is 2.92. The van der Waals surface area contributed by atoms with Crippen molar-refractivity contribution in [2.24, 2.45) is 0 Å². The van der Waals surface area contributed by atoms with E-state index in [0.717, 1.165) is 0 Å². The second-order valence-corrected chi connectivity index (χ2v) is 6.97. The van der Waals surface area contributed by atoms with Gasteiger partial charge in [0.15, 0.2) is 11.5 Å². The zero-order valence-electron chi connectivity index (χ0n) is 14.5. The van der Waals surface area contributed by atoms with Crippen LogP contribution in [-0.2, 0) is 10.5 Å². The van der Waals surface area contributed by atoms with Crippen molar-refractivity contribution in [3.8, 4) is 22.6 Å². The van der Waals surface area contributed by atoms with Crippen molar-refractivity contribution >= 4 is 11.6 Å². The van der Waals surface area contributed by atoms with Gasteiger partial charge >= 0.3 is 0 Å². The first kappa shape index (κ1) is 15.9. The summed E-state index contributed by atoms with van der Waals surface area (Å²) < 4.78 is 15.5. The van der Waals surface area contributed by atoms with E-state index in [-0.39, 0.29) is 17.4 Å². The number of aromatic nitrogens is 3. The second-order valence-electron chi connectivity index (χ2n) is 6.97. The number of carbonyl (C=O) groups excluding carboxylic acids is 1. The maximum absolute atomic E-state index is 13.9. The Kier molecular flexibility index (Phi) is 3.13. The van der Waals surface area contributed by atoms with Crippen LogP contribution in [0.2, 0.25) is 0 Å². The van der Waals surface area contributed by atoms with Crippen molar-refractivity contribution in [1.29, 1.82) is 0 Å². The molecule has 0 saturated carbocycles. The van der Waals surface area contributed by atoms with Gasteiger partial charge in [0, 0.05) is 24.0 Å². The Morgan fingerprint density at radius 3 is 2.67 bits per heavy atom. The highest BCUT2D eigenvalue weighted by atomic mass is 19.1. The molecule has 0 unspecified atom stereocenters. The molecular weight excluding hydrogens is 347 g/mol. The molecule has 0 radical (unpaired) electrons. The number of benzene rings is 2. The number of fused-ring (bicyclic) bond motifs is 6. The molecule has 1 saturated heterocycles. The lowest BCUT2D eigenvalue weighted by Crippen LogP contribution is -2.51. The van der Waals surface area contributed by atoms with Gasteiger partial charge in [-0.2, -0.15) is 10.1 Å². The van der Waals surface area contributed by atoms with Crippen molar-refractivity contribution in [2.75, 3.05) is 4.90 Å². The van der Waals surface area contributed by atoms with E-state index in [1.165, 1.54) is 12.1 Å². The van der Waals surface area contributed by atoms with Crippen molar-refractivity contribution in [3.05, 3.63) is 64.7 Å². The molecule has 0 aliphatic carbocycles. The number of anilines is 1. The van der Waals surface area contributed by atoms with Crippen molar-refractivity contribution in [2.45, 2.75) is 25.4 Å². The summed E-state index contributed by atoms with van der Waals surface area (Å²) in [6.45, 7) is 1.89. The van der Waals surface area contributed by atoms with Gasteiger partial charge in [-0.05, 0) is 25.1 Å². The molecule has 6 nitrogen and oxygen atoms in total. The summed E-state index contributed by atoms with van der Waals surface area (Å²) in [7, 11) is 0. The number of rotatable bonds is 1. The average molecular weight is 362 g/mol. The molecule has 27 heavy (non-hydrogen) atoms. The van der Waals surface area contributed by atoms with Crippen LogP contribution in [-0.4, -0.2) is 20.7 Å². The first-order valence-corrected chi connectivity index (χ1v) is 8.69. The Balaban J connectivity index is 1.85. The summed E-state index contributed by atoms with van der Waals surface area (Å²) in [6.07, 6.45) is 0.878. The summed E-state index contributed by atoms with van der Waals surface area (Å²) >= 11 is 0. The molecule has 2 aliphatic rings. The predicted molar refractivity (Wildman–Crippen MR) is 97.5 cm³/mol. The Morgan fingerprint density at radius 1 is 1.11 bits per heavy atom. The van der Waals surface area contributed by atoms with Gasteiger partial charge < -0.3 is 0 Å². The smallest absolute Gasteiger partial charge is 0.286 e. The molecule has 0 N–H and O–H groups in total. The molecular formula is C20H15FN4O2. The third kappa shape index (κ3) is 2.11. The van der Waals surface area contributed by atoms with Gasteiger partial charge in [-0.3, -0.25) is 14.5 Å². The van der Waals surface area contributed by atoms with E-state index < -0.39 is 17.0 Å². The van der Waals surface area contributed by atoms with Crippen LogP contribution in [0.5, 0.6) is 0 Å². The van der Waals surface area contributed by atoms with Gasteiger partial charge in [0.1, 0.15) is 11.5 Å². The molecule has 2 aliphatic heterocycles. The lowest BCUT2D eigenvalue weighted by Gasteiger charge is -2.42. The Bertz CT molecular complexity index is 1160. The Morgan fingerprint density at radius 2 is 1.89 bits per heavy atom. The largest absolute Gasteiger partial charge is 0.300 e. The van der Waals surface area contributed by atoms with Crippen molar-refractivity contribution < 1.29 is 9.18 Å². The zero-order valence-corrected chi connectivity index (χ0v) is 14.5. The molecule has 2 aromatic carbocycles. The molecule has 7 heteroatoms. The zero-order chi connectivity index (χ0) is 18.8. The van der Waals surface area contributed by atoms with Crippen LogP contribution in [0.4, 0.5) is 10.1 Å². The average Bonchev–Trinajstić information content (AvgIpc) is 2.98. The van der Waals surface area contributed by atoms with E-state index in [9.17, 15) is 14.0 Å². The fourth-order valence-electron chi connectivity index (χ4n) is 3.99. The van der Waals surface area contributed by atoms with E-state index >= 15 is 0 Å². The van der Waals surface area contributed by atoms with E-state index in [4.69, 9.17) is 0 Å². The number of nitrogens with zero attached hydrogens (tertiary/aromatic N) is 4. The monoisotopic (exact) mass is 362 g/mol. The quantitative estimate of drug-likeness (QED) is 0.668. The van der Waals surface area contributed by atoms with Gasteiger partial charge in [0.2, 0.25) is 5.91 Å². The number of hydrogen-bond donors (Lipinski definition) is 0. The fourth-order valence-corrected chi connectivity index (χ4v) is 3.99. The highest BCUT2D eigenvalue weighted by molar-refractivity contribution is 6.01. The summed E-state index contributed by atoms with van der Waals surface area (Å²) in [5.41, 5.74) is 0.537. The number of carbonyl (C=O) groups is 1. The first-order valence-electron chi connectivity index (χ1n) is 8.69. The molecule has 1 atom stereocenters. The molecule has 1 amide bonds. The molecule has 1 fully saturated rings. The molecule has 0 bridgehead atoms. The van der Waals surface area contributed by atoms with Crippen LogP contribution >= 0.6 is 0 Å². The molecule has 5 rings (SSSR count). The maximum atomic E-state index is 13.9. The number of halogens is 1. The van der Waals surface area contributed by atoms with Crippen LogP contribution in [0.3, 0.4) is 0 Å². The van der Waals surface area contributed by atoms with Crippen LogP contribution < -0.4 is 10.5 Å².